The van der Waals surface area contributed by atoms with Gasteiger partial charge in [-0.05, 0) is 38.4 Å². The van der Waals surface area contributed by atoms with E-state index in [0.717, 1.165) is 25.1 Å². The van der Waals surface area contributed by atoms with Gasteiger partial charge < -0.3 is 4.98 Å². The van der Waals surface area contributed by atoms with Crippen LogP contribution in [0.3, 0.4) is 0 Å². The smallest absolute Gasteiger partial charge is 0.311 e. The molecule has 1 aliphatic rings. The normalized spacial score (nSPS) is 18.9. The summed E-state index contributed by atoms with van der Waals surface area (Å²) in [5.74, 6) is 0. The fraction of sp³-hybridized carbons (Fsp3) is 0.471. The topological polar surface area (TPSA) is 71.0 Å². The van der Waals surface area contributed by atoms with E-state index < -0.39 is 0 Å². The molecule has 0 aliphatic carbocycles. The highest BCUT2D eigenvalue weighted by molar-refractivity contribution is 5.09. The number of H-pyrrole nitrogens is 1. The monoisotopic (exact) mass is 314 g/mol. The predicted octanol–water partition coefficient (Wildman–Crippen LogP) is 1.47. The standard InChI is InChI=1S/C17H22N4O2/c1-13-12-16(22)21(17(23)19-13)11-10-20-9-5-3-7-15(20)14-6-2-4-8-18-14/h2,4,6,8,12,15H,3,5,7,9-11H2,1H3,(H,19,23). The average molecular weight is 314 g/mol. The maximum atomic E-state index is 12.0. The first-order valence-corrected chi connectivity index (χ1v) is 8.11. The van der Waals surface area contributed by atoms with Gasteiger partial charge in [0.2, 0.25) is 0 Å². The van der Waals surface area contributed by atoms with Gasteiger partial charge in [-0.15, -0.1) is 0 Å². The first-order chi connectivity index (χ1) is 11.1. The van der Waals surface area contributed by atoms with Crippen LogP contribution in [0.1, 0.15) is 36.7 Å². The molecule has 3 rings (SSSR count). The van der Waals surface area contributed by atoms with Crippen molar-refractivity contribution in [2.24, 2.45) is 0 Å². The molecule has 1 saturated heterocycles. The predicted molar refractivity (Wildman–Crippen MR) is 88.5 cm³/mol. The van der Waals surface area contributed by atoms with E-state index in [4.69, 9.17) is 0 Å². The van der Waals surface area contributed by atoms with Crippen LogP contribution in [0.4, 0.5) is 0 Å². The van der Waals surface area contributed by atoms with Crippen LogP contribution in [0.15, 0.2) is 40.1 Å². The Morgan fingerprint density at radius 2 is 2.13 bits per heavy atom. The molecule has 1 aliphatic heterocycles. The average Bonchev–Trinajstić information content (AvgIpc) is 2.55. The molecule has 2 aromatic rings. The third kappa shape index (κ3) is 3.59. The van der Waals surface area contributed by atoms with Gasteiger partial charge in [0, 0.05) is 31.0 Å². The van der Waals surface area contributed by atoms with Crippen molar-refractivity contribution in [2.45, 2.75) is 38.8 Å². The van der Waals surface area contributed by atoms with Crippen molar-refractivity contribution in [3.63, 3.8) is 0 Å². The molecule has 1 unspecified atom stereocenters. The summed E-state index contributed by atoms with van der Waals surface area (Å²) in [5.41, 5.74) is 1.09. The first kappa shape index (κ1) is 15.7. The highest BCUT2D eigenvalue weighted by atomic mass is 16.2. The fourth-order valence-electron chi connectivity index (χ4n) is 3.24. The number of rotatable bonds is 4. The van der Waals surface area contributed by atoms with Gasteiger partial charge in [0.15, 0.2) is 0 Å². The van der Waals surface area contributed by atoms with Crippen LogP contribution in [0.25, 0.3) is 0 Å². The molecule has 23 heavy (non-hydrogen) atoms. The third-order valence-corrected chi connectivity index (χ3v) is 4.41. The molecule has 1 atom stereocenters. The van der Waals surface area contributed by atoms with Gasteiger partial charge >= 0.3 is 5.69 Å². The number of hydrogen-bond acceptors (Lipinski definition) is 4. The van der Waals surface area contributed by atoms with E-state index in [1.54, 1.807) is 6.92 Å². The Balaban J connectivity index is 1.76. The van der Waals surface area contributed by atoms with Gasteiger partial charge in [-0.25, -0.2) is 4.79 Å². The quantitative estimate of drug-likeness (QED) is 0.927. The van der Waals surface area contributed by atoms with Crippen LogP contribution >= 0.6 is 0 Å². The molecule has 1 fully saturated rings. The molecule has 6 nitrogen and oxygen atoms in total. The van der Waals surface area contributed by atoms with Crippen LogP contribution in [0.2, 0.25) is 0 Å². The maximum Gasteiger partial charge on any atom is 0.328 e. The summed E-state index contributed by atoms with van der Waals surface area (Å²) in [5, 5.41) is 0. The maximum absolute atomic E-state index is 12.0. The molecule has 3 heterocycles. The van der Waals surface area contributed by atoms with Gasteiger partial charge in [-0.1, -0.05) is 12.5 Å². The summed E-state index contributed by atoms with van der Waals surface area (Å²) in [6, 6.07) is 7.71. The Morgan fingerprint density at radius 3 is 2.87 bits per heavy atom. The molecule has 2 aromatic heterocycles. The second-order valence-electron chi connectivity index (χ2n) is 6.05. The van der Waals surface area contributed by atoms with Crippen LogP contribution in [0.5, 0.6) is 0 Å². The fourth-order valence-corrected chi connectivity index (χ4v) is 3.24. The molecule has 1 N–H and O–H groups in total. The molecular formula is C17H22N4O2. The molecule has 0 saturated carbocycles. The molecule has 122 valence electrons. The lowest BCUT2D eigenvalue weighted by Gasteiger charge is -2.35. The second-order valence-corrected chi connectivity index (χ2v) is 6.05. The largest absolute Gasteiger partial charge is 0.328 e. The molecule has 0 radical (unpaired) electrons. The highest BCUT2D eigenvalue weighted by Gasteiger charge is 2.24. The zero-order chi connectivity index (χ0) is 16.2. The lowest BCUT2D eigenvalue weighted by Crippen LogP contribution is -2.41. The van der Waals surface area contributed by atoms with Crippen LogP contribution in [-0.4, -0.2) is 32.5 Å². The number of pyridine rings is 1. The Labute approximate surface area is 134 Å². The van der Waals surface area contributed by atoms with Crippen LogP contribution in [0, 0.1) is 6.92 Å². The summed E-state index contributed by atoms with van der Waals surface area (Å²) in [6.07, 6.45) is 5.21. The van der Waals surface area contributed by atoms with Gasteiger partial charge in [0.25, 0.3) is 5.56 Å². The Kier molecular flexibility index (Phi) is 4.71. The number of likely N-dealkylation sites (tertiary alicyclic amines) is 1. The number of aromatic nitrogens is 3. The first-order valence-electron chi connectivity index (χ1n) is 8.11. The van der Waals surface area contributed by atoms with E-state index >= 15 is 0 Å². The van der Waals surface area contributed by atoms with E-state index in [1.165, 1.54) is 17.1 Å². The molecule has 0 bridgehead atoms. The minimum atomic E-state index is -0.332. The molecular weight excluding hydrogens is 292 g/mol. The summed E-state index contributed by atoms with van der Waals surface area (Å²) in [6.45, 7) is 3.76. The van der Waals surface area contributed by atoms with Crippen molar-refractivity contribution in [2.75, 3.05) is 13.1 Å². The van der Waals surface area contributed by atoms with Crippen molar-refractivity contribution in [3.8, 4) is 0 Å². The van der Waals surface area contributed by atoms with E-state index in [9.17, 15) is 9.59 Å². The van der Waals surface area contributed by atoms with Crippen LogP contribution in [-0.2, 0) is 6.54 Å². The summed E-state index contributed by atoms with van der Waals surface area (Å²) in [7, 11) is 0. The lowest BCUT2D eigenvalue weighted by molar-refractivity contribution is 0.139. The minimum absolute atomic E-state index is 0.238. The minimum Gasteiger partial charge on any atom is -0.311 e. The number of nitrogens with one attached hydrogen (secondary N) is 1. The second kappa shape index (κ2) is 6.91. The molecule has 6 heteroatoms. The zero-order valence-corrected chi connectivity index (χ0v) is 13.4. The van der Waals surface area contributed by atoms with E-state index in [1.807, 2.05) is 24.4 Å². The van der Waals surface area contributed by atoms with E-state index in [-0.39, 0.29) is 17.3 Å². The van der Waals surface area contributed by atoms with Crippen molar-refractivity contribution in [3.05, 3.63) is 62.7 Å². The van der Waals surface area contributed by atoms with Crippen molar-refractivity contribution >= 4 is 0 Å². The number of hydrogen-bond donors (Lipinski definition) is 1. The van der Waals surface area contributed by atoms with Crippen molar-refractivity contribution in [1.82, 2.24) is 19.4 Å². The SMILES string of the molecule is Cc1cc(=O)n(CCN2CCCCC2c2ccccn2)c(=O)[nH]1. The Hall–Kier alpha value is -2.21. The number of nitrogens with zero attached hydrogens (tertiary/aromatic N) is 3. The van der Waals surface area contributed by atoms with Gasteiger partial charge in [-0.2, -0.15) is 0 Å². The van der Waals surface area contributed by atoms with Crippen molar-refractivity contribution in [1.29, 1.82) is 0 Å². The van der Waals surface area contributed by atoms with Gasteiger partial charge in [0.05, 0.1) is 11.7 Å². The van der Waals surface area contributed by atoms with Gasteiger partial charge in [0.1, 0.15) is 0 Å². The van der Waals surface area contributed by atoms with Gasteiger partial charge in [-0.3, -0.25) is 19.2 Å². The van der Waals surface area contributed by atoms with E-state index in [2.05, 4.69) is 14.9 Å². The third-order valence-electron chi connectivity index (χ3n) is 4.41. The number of piperidine rings is 1. The lowest BCUT2D eigenvalue weighted by atomic mass is 9.99. The summed E-state index contributed by atoms with van der Waals surface area (Å²) < 4.78 is 1.27. The highest BCUT2D eigenvalue weighted by Crippen LogP contribution is 2.29. The number of aromatic amines is 1. The molecule has 0 spiro atoms. The molecule has 0 aromatic carbocycles. The Bertz CT molecular complexity index is 735. The van der Waals surface area contributed by atoms with E-state index in [0.29, 0.717) is 18.8 Å². The molecule has 0 amide bonds. The Morgan fingerprint density at radius 1 is 1.26 bits per heavy atom. The summed E-state index contributed by atoms with van der Waals surface area (Å²) in [4.78, 5) is 33.5. The zero-order valence-electron chi connectivity index (χ0n) is 13.4. The van der Waals surface area contributed by atoms with Crippen molar-refractivity contribution < 1.29 is 0 Å². The summed E-state index contributed by atoms with van der Waals surface area (Å²) >= 11 is 0. The van der Waals surface area contributed by atoms with Crippen LogP contribution < -0.4 is 11.2 Å². The number of aryl methyl sites for hydroxylation is 1.